The van der Waals surface area contributed by atoms with Crippen LogP contribution in [0.3, 0.4) is 0 Å². The summed E-state index contributed by atoms with van der Waals surface area (Å²) in [5.74, 6) is -0.0248. The molecular weight excluding hydrogens is 452 g/mol. The summed E-state index contributed by atoms with van der Waals surface area (Å²) < 4.78 is 11.3. The molecule has 34 heavy (non-hydrogen) atoms. The molecule has 0 bridgehead atoms. The van der Waals surface area contributed by atoms with Crippen molar-refractivity contribution in [3.05, 3.63) is 107 Å². The number of carbonyl (C=O) groups excluding carboxylic acids is 2. The number of rotatable bonds is 7. The number of nitrogens with one attached hydrogen (secondary N) is 1. The monoisotopic (exact) mass is 472 g/mol. The number of fused-ring (bicyclic) bond motifs is 1. The molecule has 0 saturated carbocycles. The second-order valence-corrected chi connectivity index (χ2v) is 7.84. The van der Waals surface area contributed by atoms with E-state index in [4.69, 9.17) is 21.1 Å². The number of amides is 1. The van der Waals surface area contributed by atoms with Gasteiger partial charge >= 0.3 is 5.97 Å². The molecule has 1 N–H and O–H groups in total. The predicted octanol–water partition coefficient (Wildman–Crippen LogP) is 5.63. The molecular formula is C27H21ClN2O4. The summed E-state index contributed by atoms with van der Waals surface area (Å²) in [5.41, 5.74) is 3.35. The van der Waals surface area contributed by atoms with E-state index in [1.54, 1.807) is 55.5 Å². The zero-order valence-electron chi connectivity index (χ0n) is 18.3. The van der Waals surface area contributed by atoms with Crippen LogP contribution in [-0.2, 0) is 4.79 Å². The van der Waals surface area contributed by atoms with E-state index in [1.807, 2.05) is 42.5 Å². The number of hydrogen-bond donors (Lipinski definition) is 1. The van der Waals surface area contributed by atoms with Crippen LogP contribution >= 0.6 is 11.6 Å². The van der Waals surface area contributed by atoms with Gasteiger partial charge in [-0.1, -0.05) is 60.1 Å². The number of para-hydroxylation sites is 1. The van der Waals surface area contributed by atoms with Gasteiger partial charge in [0.2, 0.25) is 0 Å². The molecule has 0 saturated heterocycles. The van der Waals surface area contributed by atoms with Crippen LogP contribution in [0.4, 0.5) is 0 Å². The highest BCUT2D eigenvalue weighted by Gasteiger charge is 2.16. The maximum absolute atomic E-state index is 12.5. The standard InChI is InChI=1S/C27H21ClN2O4/c1-18(33-25-12-6-9-19-7-2-4-10-23(19)25)26(31)30-29-17-21-8-3-5-11-24(21)34-27(32)20-13-15-22(28)16-14-20/h2-18H,1H3,(H,30,31)/b29-17-/t18-/m1/s1. The van der Waals surface area contributed by atoms with Crippen molar-refractivity contribution in [2.24, 2.45) is 5.10 Å². The number of nitrogens with zero attached hydrogens (tertiary/aromatic N) is 1. The first-order valence-corrected chi connectivity index (χ1v) is 10.9. The SMILES string of the molecule is C[C@@H](Oc1cccc2ccccc12)C(=O)N/N=C\c1ccccc1OC(=O)c1ccc(Cl)cc1. The summed E-state index contributed by atoms with van der Waals surface area (Å²) in [7, 11) is 0. The number of hydrazone groups is 1. The first-order chi connectivity index (χ1) is 16.5. The molecule has 0 aliphatic carbocycles. The quantitative estimate of drug-likeness (QED) is 0.164. The maximum Gasteiger partial charge on any atom is 0.343 e. The average Bonchev–Trinajstić information content (AvgIpc) is 2.85. The summed E-state index contributed by atoms with van der Waals surface area (Å²) in [5, 5.41) is 6.48. The lowest BCUT2D eigenvalue weighted by atomic mass is 10.1. The van der Waals surface area contributed by atoms with Gasteiger partial charge in [-0.25, -0.2) is 10.2 Å². The highest BCUT2D eigenvalue weighted by atomic mass is 35.5. The Kier molecular flexibility index (Phi) is 7.20. The number of halogens is 1. The van der Waals surface area contributed by atoms with Gasteiger partial charge in [-0.2, -0.15) is 5.10 Å². The Morgan fingerprint density at radius 1 is 0.882 bits per heavy atom. The van der Waals surface area contributed by atoms with Crippen LogP contribution in [-0.4, -0.2) is 24.2 Å². The molecule has 7 heteroatoms. The van der Waals surface area contributed by atoms with E-state index in [-0.39, 0.29) is 0 Å². The summed E-state index contributed by atoms with van der Waals surface area (Å²) >= 11 is 5.86. The molecule has 0 radical (unpaired) electrons. The van der Waals surface area contributed by atoms with Crippen molar-refractivity contribution in [3.63, 3.8) is 0 Å². The van der Waals surface area contributed by atoms with Crippen molar-refractivity contribution in [2.45, 2.75) is 13.0 Å². The van der Waals surface area contributed by atoms with Crippen LogP contribution in [0.15, 0.2) is 96.1 Å². The maximum atomic E-state index is 12.5. The summed E-state index contributed by atoms with van der Waals surface area (Å²) in [4.78, 5) is 24.9. The van der Waals surface area contributed by atoms with Crippen LogP contribution in [0.1, 0.15) is 22.8 Å². The van der Waals surface area contributed by atoms with Crippen molar-refractivity contribution in [3.8, 4) is 11.5 Å². The fraction of sp³-hybridized carbons (Fsp3) is 0.0741. The predicted molar refractivity (Wildman–Crippen MR) is 133 cm³/mol. The summed E-state index contributed by atoms with van der Waals surface area (Å²) in [6.45, 7) is 1.65. The molecule has 170 valence electrons. The van der Waals surface area contributed by atoms with Crippen molar-refractivity contribution < 1.29 is 19.1 Å². The van der Waals surface area contributed by atoms with E-state index in [2.05, 4.69) is 10.5 Å². The Bertz CT molecular complexity index is 1350. The lowest BCUT2D eigenvalue weighted by Crippen LogP contribution is -2.33. The van der Waals surface area contributed by atoms with Gasteiger partial charge in [0.05, 0.1) is 11.8 Å². The Morgan fingerprint density at radius 3 is 2.38 bits per heavy atom. The van der Waals surface area contributed by atoms with E-state index in [1.165, 1.54) is 6.21 Å². The van der Waals surface area contributed by atoms with E-state index in [0.29, 0.717) is 27.6 Å². The fourth-order valence-corrected chi connectivity index (χ4v) is 3.35. The molecule has 0 aliphatic rings. The zero-order chi connectivity index (χ0) is 23.9. The van der Waals surface area contributed by atoms with Gasteiger partial charge in [0, 0.05) is 16.0 Å². The van der Waals surface area contributed by atoms with Crippen molar-refractivity contribution in [2.75, 3.05) is 0 Å². The second-order valence-electron chi connectivity index (χ2n) is 7.41. The molecule has 1 amide bonds. The van der Waals surface area contributed by atoms with Crippen LogP contribution in [0.25, 0.3) is 10.8 Å². The fourth-order valence-electron chi connectivity index (χ4n) is 3.22. The van der Waals surface area contributed by atoms with E-state index in [9.17, 15) is 9.59 Å². The normalized spacial score (nSPS) is 11.8. The molecule has 4 rings (SSSR count). The van der Waals surface area contributed by atoms with Crippen molar-refractivity contribution in [1.29, 1.82) is 0 Å². The van der Waals surface area contributed by atoms with Crippen molar-refractivity contribution >= 4 is 40.5 Å². The van der Waals surface area contributed by atoms with Crippen LogP contribution in [0.2, 0.25) is 5.02 Å². The molecule has 0 aliphatic heterocycles. The average molecular weight is 473 g/mol. The minimum absolute atomic E-state index is 0.306. The third kappa shape index (κ3) is 5.60. The van der Waals surface area contributed by atoms with Gasteiger partial charge in [-0.05, 0) is 54.8 Å². The van der Waals surface area contributed by atoms with Gasteiger partial charge < -0.3 is 9.47 Å². The summed E-state index contributed by atoms with van der Waals surface area (Å²) in [6, 6.07) is 26.7. The lowest BCUT2D eigenvalue weighted by molar-refractivity contribution is -0.127. The highest BCUT2D eigenvalue weighted by molar-refractivity contribution is 6.30. The molecule has 6 nitrogen and oxygen atoms in total. The Morgan fingerprint density at radius 2 is 1.56 bits per heavy atom. The number of hydrogen-bond acceptors (Lipinski definition) is 5. The minimum atomic E-state index is -0.777. The smallest absolute Gasteiger partial charge is 0.343 e. The summed E-state index contributed by atoms with van der Waals surface area (Å²) in [6.07, 6.45) is 0.633. The number of benzene rings is 4. The number of carbonyl (C=O) groups is 2. The third-order valence-corrected chi connectivity index (χ3v) is 5.25. The van der Waals surface area contributed by atoms with Gasteiger partial charge in [0.25, 0.3) is 5.91 Å². The third-order valence-electron chi connectivity index (χ3n) is 5.00. The van der Waals surface area contributed by atoms with E-state index < -0.39 is 18.0 Å². The molecule has 0 unspecified atom stereocenters. The number of esters is 1. The molecule has 4 aromatic rings. The second kappa shape index (κ2) is 10.6. The Labute approximate surface area is 201 Å². The molecule has 4 aromatic carbocycles. The first-order valence-electron chi connectivity index (χ1n) is 10.6. The van der Waals surface area contributed by atoms with Gasteiger partial charge in [-0.3, -0.25) is 4.79 Å². The van der Waals surface area contributed by atoms with Crippen LogP contribution in [0.5, 0.6) is 11.5 Å². The van der Waals surface area contributed by atoms with Gasteiger partial charge in [-0.15, -0.1) is 0 Å². The van der Waals surface area contributed by atoms with Crippen LogP contribution < -0.4 is 14.9 Å². The molecule has 0 spiro atoms. The Hall–Kier alpha value is -4.16. The number of ether oxygens (including phenoxy) is 2. The topological polar surface area (TPSA) is 77.0 Å². The van der Waals surface area contributed by atoms with Gasteiger partial charge in [0.15, 0.2) is 6.10 Å². The molecule has 0 aromatic heterocycles. The molecule has 0 fully saturated rings. The van der Waals surface area contributed by atoms with Crippen LogP contribution in [0, 0.1) is 0 Å². The van der Waals surface area contributed by atoms with E-state index >= 15 is 0 Å². The van der Waals surface area contributed by atoms with E-state index in [0.717, 1.165) is 10.8 Å². The largest absolute Gasteiger partial charge is 0.480 e. The molecule has 0 heterocycles. The zero-order valence-corrected chi connectivity index (χ0v) is 19.0. The Balaban J connectivity index is 1.39. The minimum Gasteiger partial charge on any atom is -0.480 e. The lowest BCUT2D eigenvalue weighted by Gasteiger charge is -2.14. The van der Waals surface area contributed by atoms with Gasteiger partial charge in [0.1, 0.15) is 11.5 Å². The molecule has 1 atom stereocenters. The van der Waals surface area contributed by atoms with Crippen molar-refractivity contribution in [1.82, 2.24) is 5.43 Å². The first kappa shape index (κ1) is 23.0. The highest BCUT2D eigenvalue weighted by Crippen LogP contribution is 2.26.